The van der Waals surface area contributed by atoms with E-state index >= 15 is 0 Å². The van der Waals surface area contributed by atoms with E-state index in [0.717, 1.165) is 11.0 Å². The lowest BCUT2D eigenvalue weighted by Crippen LogP contribution is -2.33. The summed E-state index contributed by atoms with van der Waals surface area (Å²) in [6, 6.07) is 5.19. The van der Waals surface area contributed by atoms with Crippen molar-refractivity contribution >= 4 is 17.0 Å². The summed E-state index contributed by atoms with van der Waals surface area (Å²) in [6.07, 6.45) is 2.85. The molecule has 0 fully saturated rings. The summed E-state index contributed by atoms with van der Waals surface area (Å²) < 4.78 is 7.83. The maximum absolute atomic E-state index is 12.1. The van der Waals surface area contributed by atoms with Crippen LogP contribution >= 0.6 is 0 Å². The van der Waals surface area contributed by atoms with Gasteiger partial charge in [-0.2, -0.15) is 0 Å². The van der Waals surface area contributed by atoms with Gasteiger partial charge < -0.3 is 9.30 Å². The lowest BCUT2D eigenvalue weighted by molar-refractivity contribution is 0.0523. The molecule has 0 saturated heterocycles. The topological polar surface area (TPSA) is 99.0 Å². The number of ether oxygens (including phenoxy) is 1. The Labute approximate surface area is 130 Å². The number of fused-ring (bicyclic) bond motifs is 1. The zero-order chi connectivity index (χ0) is 16.6. The van der Waals surface area contributed by atoms with Crippen LogP contribution in [0.25, 0.3) is 16.7 Å². The van der Waals surface area contributed by atoms with E-state index in [4.69, 9.17) is 4.74 Å². The highest BCUT2D eigenvalue weighted by Gasteiger charge is 2.15. The molecule has 23 heavy (non-hydrogen) atoms. The number of hydrogen-bond donors (Lipinski definition) is 1. The average molecular weight is 314 g/mol. The Balaban J connectivity index is 2.19. The van der Waals surface area contributed by atoms with Crippen molar-refractivity contribution in [3.63, 3.8) is 0 Å². The van der Waals surface area contributed by atoms with Gasteiger partial charge in [-0.05, 0) is 25.1 Å². The predicted molar refractivity (Wildman–Crippen MR) is 82.9 cm³/mol. The second-order valence-corrected chi connectivity index (χ2v) is 4.92. The van der Waals surface area contributed by atoms with Gasteiger partial charge in [0.25, 0.3) is 5.56 Å². The average Bonchev–Trinajstić information content (AvgIpc) is 2.88. The third-order valence-electron chi connectivity index (χ3n) is 3.42. The zero-order valence-corrected chi connectivity index (χ0v) is 12.6. The van der Waals surface area contributed by atoms with Crippen molar-refractivity contribution in [3.05, 3.63) is 57.1 Å². The summed E-state index contributed by atoms with van der Waals surface area (Å²) >= 11 is 0. The van der Waals surface area contributed by atoms with E-state index in [1.54, 1.807) is 31.5 Å². The molecule has 118 valence electrons. The highest BCUT2D eigenvalue weighted by Crippen LogP contribution is 2.16. The number of benzene rings is 1. The fourth-order valence-electron chi connectivity index (χ4n) is 2.28. The van der Waals surface area contributed by atoms with Crippen molar-refractivity contribution in [2.24, 2.45) is 7.05 Å². The van der Waals surface area contributed by atoms with Gasteiger partial charge in [0.2, 0.25) is 0 Å². The summed E-state index contributed by atoms with van der Waals surface area (Å²) in [4.78, 5) is 42.0. The van der Waals surface area contributed by atoms with Crippen LogP contribution in [-0.2, 0) is 11.8 Å². The molecule has 8 heteroatoms. The number of hydrogen-bond acceptors (Lipinski definition) is 5. The van der Waals surface area contributed by atoms with Gasteiger partial charge in [-0.15, -0.1) is 0 Å². The Bertz CT molecular complexity index is 1010. The van der Waals surface area contributed by atoms with Crippen molar-refractivity contribution in [2.45, 2.75) is 6.92 Å². The van der Waals surface area contributed by atoms with Crippen LogP contribution in [0.3, 0.4) is 0 Å². The summed E-state index contributed by atoms with van der Waals surface area (Å²) in [7, 11) is 1.83. The molecule has 0 unspecified atom stereocenters. The van der Waals surface area contributed by atoms with E-state index in [9.17, 15) is 14.4 Å². The maximum atomic E-state index is 12.1. The van der Waals surface area contributed by atoms with E-state index in [0.29, 0.717) is 5.69 Å². The second kappa shape index (κ2) is 5.56. The molecule has 2 aromatic heterocycles. The molecule has 2 heterocycles. The van der Waals surface area contributed by atoms with Crippen LogP contribution in [0.2, 0.25) is 0 Å². The van der Waals surface area contributed by atoms with Crippen molar-refractivity contribution in [2.75, 3.05) is 6.61 Å². The van der Waals surface area contributed by atoms with Crippen molar-refractivity contribution in [3.8, 4) is 5.69 Å². The number of H-pyrrole nitrogens is 1. The Hall–Kier alpha value is -3.16. The third kappa shape index (κ3) is 2.54. The molecule has 0 amide bonds. The smallest absolute Gasteiger partial charge is 0.345 e. The monoisotopic (exact) mass is 314 g/mol. The van der Waals surface area contributed by atoms with Crippen LogP contribution in [0.5, 0.6) is 0 Å². The molecule has 0 saturated carbocycles. The molecule has 3 aromatic rings. The second-order valence-electron chi connectivity index (χ2n) is 4.92. The fraction of sp³-hybridized carbons (Fsp3) is 0.200. The molecule has 0 aliphatic carbocycles. The minimum absolute atomic E-state index is 0.137. The molecule has 0 spiro atoms. The lowest BCUT2D eigenvalue weighted by Gasteiger charge is -2.08. The Kier molecular flexibility index (Phi) is 3.57. The summed E-state index contributed by atoms with van der Waals surface area (Å²) in [5.41, 5.74) is 0.470. The van der Waals surface area contributed by atoms with Gasteiger partial charge >= 0.3 is 11.7 Å². The number of aromatic nitrogens is 4. The van der Waals surface area contributed by atoms with Crippen LogP contribution in [0.15, 0.2) is 40.3 Å². The SMILES string of the molecule is CCOC(=O)c1cn(-c2ccc3ncn(C)c3c2)c(=O)[nH]c1=O. The molecule has 0 radical (unpaired) electrons. The van der Waals surface area contributed by atoms with Gasteiger partial charge in [0.1, 0.15) is 5.56 Å². The van der Waals surface area contributed by atoms with E-state index < -0.39 is 17.2 Å². The number of rotatable bonds is 3. The molecular formula is C15H14N4O4. The minimum atomic E-state index is -0.774. The van der Waals surface area contributed by atoms with E-state index in [1.807, 2.05) is 11.6 Å². The standard InChI is InChI=1S/C15H14N4O4/c1-3-23-14(21)10-7-19(15(22)17-13(10)20)9-4-5-11-12(6-9)18(2)8-16-11/h4-8H,3H2,1-2H3,(H,17,20,22). The first kappa shape index (κ1) is 14.8. The van der Waals surface area contributed by atoms with E-state index in [2.05, 4.69) is 9.97 Å². The first-order valence-electron chi connectivity index (χ1n) is 6.96. The first-order valence-corrected chi connectivity index (χ1v) is 6.96. The lowest BCUT2D eigenvalue weighted by atomic mass is 10.2. The highest BCUT2D eigenvalue weighted by molar-refractivity contribution is 5.88. The van der Waals surface area contributed by atoms with Crippen molar-refractivity contribution in [1.29, 1.82) is 0 Å². The molecule has 3 rings (SSSR count). The molecular weight excluding hydrogens is 300 g/mol. The first-order chi connectivity index (χ1) is 11.0. The number of nitrogens with one attached hydrogen (secondary N) is 1. The van der Waals surface area contributed by atoms with Gasteiger partial charge in [0, 0.05) is 13.2 Å². The third-order valence-corrected chi connectivity index (χ3v) is 3.42. The van der Waals surface area contributed by atoms with Crippen molar-refractivity contribution in [1.82, 2.24) is 19.1 Å². The van der Waals surface area contributed by atoms with Gasteiger partial charge in [-0.1, -0.05) is 0 Å². The summed E-state index contributed by atoms with van der Waals surface area (Å²) in [6.45, 7) is 1.77. The Morgan fingerprint density at radius 2 is 2.13 bits per heavy atom. The molecule has 0 atom stereocenters. The number of esters is 1. The largest absolute Gasteiger partial charge is 0.462 e. The summed E-state index contributed by atoms with van der Waals surface area (Å²) in [5, 5.41) is 0. The molecule has 0 bridgehead atoms. The predicted octanol–water partition coefficient (Wildman–Crippen LogP) is 0.589. The zero-order valence-electron chi connectivity index (χ0n) is 12.6. The molecule has 1 aromatic carbocycles. The van der Waals surface area contributed by atoms with Crippen LogP contribution in [0.4, 0.5) is 0 Å². The normalized spacial score (nSPS) is 10.9. The van der Waals surface area contributed by atoms with Gasteiger partial charge in [-0.25, -0.2) is 14.6 Å². The Morgan fingerprint density at radius 3 is 2.87 bits per heavy atom. The van der Waals surface area contributed by atoms with Gasteiger partial charge in [0.15, 0.2) is 0 Å². The van der Waals surface area contributed by atoms with Crippen LogP contribution in [0, 0.1) is 0 Å². The van der Waals surface area contributed by atoms with E-state index in [1.165, 1.54) is 10.8 Å². The van der Waals surface area contributed by atoms with Gasteiger partial charge in [-0.3, -0.25) is 14.3 Å². The number of carbonyl (C=O) groups is 1. The van der Waals surface area contributed by atoms with Crippen LogP contribution in [0.1, 0.15) is 17.3 Å². The molecule has 0 aliphatic rings. The minimum Gasteiger partial charge on any atom is -0.462 e. The van der Waals surface area contributed by atoms with Crippen LogP contribution < -0.4 is 11.2 Å². The van der Waals surface area contributed by atoms with Crippen molar-refractivity contribution < 1.29 is 9.53 Å². The quantitative estimate of drug-likeness (QED) is 0.713. The highest BCUT2D eigenvalue weighted by atomic mass is 16.5. The molecule has 1 N–H and O–H groups in total. The van der Waals surface area contributed by atoms with Gasteiger partial charge in [0.05, 0.1) is 29.7 Å². The fourth-order valence-corrected chi connectivity index (χ4v) is 2.28. The van der Waals surface area contributed by atoms with Crippen LogP contribution in [-0.4, -0.2) is 31.7 Å². The number of carbonyl (C=O) groups excluding carboxylic acids is 1. The molecule has 8 nitrogen and oxygen atoms in total. The number of imidazole rings is 1. The number of nitrogens with zero attached hydrogens (tertiary/aromatic N) is 3. The maximum Gasteiger partial charge on any atom is 0.345 e. The summed E-state index contributed by atoms with van der Waals surface area (Å²) in [5.74, 6) is -0.774. The molecule has 0 aliphatic heterocycles. The Morgan fingerprint density at radius 1 is 1.35 bits per heavy atom. The van der Waals surface area contributed by atoms with E-state index in [-0.39, 0.29) is 12.2 Å². The number of aryl methyl sites for hydroxylation is 1. The number of aromatic amines is 1.